The van der Waals surface area contributed by atoms with Crippen LogP contribution in [-0.2, 0) is 5.41 Å². The molecule has 0 aliphatic heterocycles. The Bertz CT molecular complexity index is 3300. The van der Waals surface area contributed by atoms with E-state index in [4.69, 9.17) is 0 Å². The first-order chi connectivity index (χ1) is 31.4. The van der Waals surface area contributed by atoms with Crippen molar-refractivity contribution in [3.05, 3.63) is 254 Å². The van der Waals surface area contributed by atoms with Gasteiger partial charge in [-0.1, -0.05) is 208 Å². The number of rotatable bonds is 9. The summed E-state index contributed by atoms with van der Waals surface area (Å²) in [6.07, 6.45) is 1.88. The summed E-state index contributed by atoms with van der Waals surface area (Å²) >= 11 is 0. The summed E-state index contributed by atoms with van der Waals surface area (Å²) in [7, 11) is 0. The molecule has 1 aliphatic rings. The standard InChI is InChI=1S/C63H47N/c1-4-43-14-16-46(17-15-43)48-22-24-50(25-23-48)52-30-35-57(36-31-52)64(56-33-28-51(29-34-56)49-20-18-47(19-21-49)44-10-6-5-7-11-44)58-37-39-60-59-38-32-55(41-61(59)63(2,3)62(60)42-58)54-27-26-45-12-8-9-13-53(45)40-54/h4-42H,1H2,2-3H3. The molecule has 0 saturated carbocycles. The molecule has 0 unspecified atom stereocenters. The molecule has 0 heterocycles. The summed E-state index contributed by atoms with van der Waals surface area (Å²) in [6.45, 7) is 8.66. The summed E-state index contributed by atoms with van der Waals surface area (Å²) in [5, 5.41) is 2.53. The summed E-state index contributed by atoms with van der Waals surface area (Å²) in [5.41, 5.74) is 21.7. The Labute approximate surface area is 376 Å². The van der Waals surface area contributed by atoms with E-state index in [0.29, 0.717) is 0 Å². The van der Waals surface area contributed by atoms with Crippen LogP contribution in [0.15, 0.2) is 237 Å². The van der Waals surface area contributed by atoms with E-state index < -0.39 is 0 Å². The highest BCUT2D eigenvalue weighted by Crippen LogP contribution is 2.52. The van der Waals surface area contributed by atoms with Crippen molar-refractivity contribution >= 4 is 33.9 Å². The molecule has 1 heteroatoms. The van der Waals surface area contributed by atoms with Crippen LogP contribution in [0.3, 0.4) is 0 Å². The van der Waals surface area contributed by atoms with Crippen LogP contribution >= 0.6 is 0 Å². The Morgan fingerprint density at radius 1 is 0.328 bits per heavy atom. The number of anilines is 3. The molecule has 10 aromatic rings. The minimum Gasteiger partial charge on any atom is -0.310 e. The molecule has 0 saturated heterocycles. The maximum Gasteiger partial charge on any atom is 0.0465 e. The number of hydrogen-bond donors (Lipinski definition) is 0. The molecule has 0 amide bonds. The predicted octanol–water partition coefficient (Wildman–Crippen LogP) is 17.6. The molecule has 0 fully saturated rings. The summed E-state index contributed by atoms with van der Waals surface area (Å²) in [5.74, 6) is 0. The van der Waals surface area contributed by atoms with Crippen molar-refractivity contribution < 1.29 is 0 Å². The highest BCUT2D eigenvalue weighted by molar-refractivity contribution is 5.91. The van der Waals surface area contributed by atoms with Crippen LogP contribution in [0, 0.1) is 0 Å². The van der Waals surface area contributed by atoms with Crippen LogP contribution in [-0.4, -0.2) is 0 Å². The molecule has 0 N–H and O–H groups in total. The molecular weight excluding hydrogens is 771 g/mol. The summed E-state index contributed by atoms with van der Waals surface area (Å²) in [4.78, 5) is 2.40. The third kappa shape index (κ3) is 7.12. The highest BCUT2D eigenvalue weighted by atomic mass is 15.1. The fourth-order valence-electron chi connectivity index (χ4n) is 9.62. The van der Waals surface area contributed by atoms with Gasteiger partial charge in [-0.15, -0.1) is 0 Å². The van der Waals surface area contributed by atoms with Gasteiger partial charge in [-0.2, -0.15) is 0 Å². The van der Waals surface area contributed by atoms with E-state index >= 15 is 0 Å². The molecule has 0 spiro atoms. The van der Waals surface area contributed by atoms with Gasteiger partial charge in [-0.25, -0.2) is 0 Å². The van der Waals surface area contributed by atoms with E-state index in [9.17, 15) is 0 Å². The monoisotopic (exact) mass is 817 g/mol. The Hall–Kier alpha value is -8.00. The number of benzene rings is 10. The van der Waals surface area contributed by atoms with Gasteiger partial charge in [0.15, 0.2) is 0 Å². The van der Waals surface area contributed by atoms with Crippen molar-refractivity contribution in [1.82, 2.24) is 0 Å². The van der Waals surface area contributed by atoms with Crippen LogP contribution in [0.2, 0.25) is 0 Å². The van der Waals surface area contributed by atoms with E-state index in [0.717, 1.165) is 22.6 Å². The first-order valence-electron chi connectivity index (χ1n) is 22.2. The zero-order valence-electron chi connectivity index (χ0n) is 36.2. The van der Waals surface area contributed by atoms with Crippen molar-refractivity contribution in [2.45, 2.75) is 19.3 Å². The molecule has 1 nitrogen and oxygen atoms in total. The van der Waals surface area contributed by atoms with Crippen LogP contribution in [0.4, 0.5) is 17.1 Å². The molecule has 64 heavy (non-hydrogen) atoms. The third-order valence-corrected chi connectivity index (χ3v) is 13.3. The van der Waals surface area contributed by atoms with Gasteiger partial charge >= 0.3 is 0 Å². The maximum atomic E-state index is 3.90. The maximum absolute atomic E-state index is 3.90. The zero-order chi connectivity index (χ0) is 43.2. The Morgan fingerprint density at radius 2 is 0.703 bits per heavy atom. The number of fused-ring (bicyclic) bond motifs is 4. The lowest BCUT2D eigenvalue weighted by molar-refractivity contribution is 0.660. The summed E-state index contributed by atoms with van der Waals surface area (Å²) in [6, 6.07) is 84.4. The molecule has 0 aromatic heterocycles. The van der Waals surface area contributed by atoms with Crippen LogP contribution in [0.25, 0.3) is 83.6 Å². The first-order valence-corrected chi connectivity index (χ1v) is 22.2. The fraction of sp³-hybridized carbons (Fsp3) is 0.0476. The van der Waals surface area contributed by atoms with Gasteiger partial charge in [0, 0.05) is 22.5 Å². The minimum absolute atomic E-state index is 0.196. The fourth-order valence-corrected chi connectivity index (χ4v) is 9.62. The van der Waals surface area contributed by atoms with Gasteiger partial charge in [-0.05, 0) is 143 Å². The average molecular weight is 818 g/mol. The molecule has 11 rings (SSSR count). The molecule has 0 atom stereocenters. The van der Waals surface area contributed by atoms with Gasteiger partial charge in [0.2, 0.25) is 0 Å². The SMILES string of the molecule is C=Cc1ccc(-c2ccc(-c3ccc(N(c4ccc(-c5ccc(-c6ccccc6)cc5)cc4)c4ccc5c(c4)C(C)(C)c4cc(-c6ccc7ccccc7c6)ccc4-5)cc3)cc2)cc1. The second-order valence-electron chi connectivity index (χ2n) is 17.5. The number of hydrogen-bond acceptors (Lipinski definition) is 1. The smallest absolute Gasteiger partial charge is 0.0465 e. The van der Waals surface area contributed by atoms with Gasteiger partial charge in [0.1, 0.15) is 0 Å². The van der Waals surface area contributed by atoms with E-state index in [1.807, 2.05) is 6.08 Å². The first kappa shape index (κ1) is 38.9. The van der Waals surface area contributed by atoms with Gasteiger partial charge < -0.3 is 4.90 Å². The van der Waals surface area contributed by atoms with Crippen molar-refractivity contribution in [1.29, 1.82) is 0 Å². The number of nitrogens with zero attached hydrogens (tertiary/aromatic N) is 1. The largest absolute Gasteiger partial charge is 0.310 e. The van der Waals surface area contributed by atoms with Crippen LogP contribution in [0.1, 0.15) is 30.5 Å². The lowest BCUT2D eigenvalue weighted by Crippen LogP contribution is -2.16. The Kier molecular flexibility index (Phi) is 9.75. The topological polar surface area (TPSA) is 3.24 Å². The second kappa shape index (κ2) is 16.0. The predicted molar refractivity (Wildman–Crippen MR) is 273 cm³/mol. The van der Waals surface area contributed by atoms with Gasteiger partial charge in [-0.3, -0.25) is 0 Å². The van der Waals surface area contributed by atoms with Gasteiger partial charge in [0.25, 0.3) is 0 Å². The van der Waals surface area contributed by atoms with Crippen LogP contribution in [0.5, 0.6) is 0 Å². The van der Waals surface area contributed by atoms with E-state index in [1.165, 1.54) is 88.7 Å². The lowest BCUT2D eigenvalue weighted by atomic mass is 9.81. The average Bonchev–Trinajstić information content (AvgIpc) is 3.59. The van der Waals surface area contributed by atoms with Crippen LogP contribution < -0.4 is 4.90 Å². The highest BCUT2D eigenvalue weighted by Gasteiger charge is 2.36. The molecule has 0 radical (unpaired) electrons. The zero-order valence-corrected chi connectivity index (χ0v) is 36.2. The van der Waals surface area contributed by atoms with Gasteiger partial charge in [0.05, 0.1) is 0 Å². The lowest BCUT2D eigenvalue weighted by Gasteiger charge is -2.28. The van der Waals surface area contributed by atoms with Crippen molar-refractivity contribution in [3.63, 3.8) is 0 Å². The molecule has 10 aromatic carbocycles. The Morgan fingerprint density at radius 3 is 1.23 bits per heavy atom. The van der Waals surface area contributed by atoms with E-state index in [2.05, 4.69) is 256 Å². The van der Waals surface area contributed by atoms with E-state index in [1.54, 1.807) is 0 Å². The van der Waals surface area contributed by atoms with Crippen molar-refractivity contribution in [2.24, 2.45) is 0 Å². The minimum atomic E-state index is -0.196. The quantitative estimate of drug-likeness (QED) is 0.140. The molecule has 304 valence electrons. The Balaban J connectivity index is 0.941. The normalized spacial score (nSPS) is 12.4. The third-order valence-electron chi connectivity index (χ3n) is 13.3. The summed E-state index contributed by atoms with van der Waals surface area (Å²) < 4.78 is 0. The molecule has 1 aliphatic carbocycles. The second-order valence-corrected chi connectivity index (χ2v) is 17.5. The van der Waals surface area contributed by atoms with Crippen molar-refractivity contribution in [3.8, 4) is 66.8 Å². The van der Waals surface area contributed by atoms with Crippen molar-refractivity contribution in [2.75, 3.05) is 4.90 Å². The molecular formula is C63H47N. The van der Waals surface area contributed by atoms with E-state index in [-0.39, 0.29) is 5.41 Å². The molecule has 0 bridgehead atoms.